The molecule has 0 aromatic heterocycles. The third-order valence-corrected chi connectivity index (χ3v) is 12.6. The lowest BCUT2D eigenvalue weighted by Crippen LogP contribution is -2.35. The molecule has 6 rings (SSSR count). The fourth-order valence-electron chi connectivity index (χ4n) is 7.05. The molecule has 0 radical (unpaired) electrons. The third kappa shape index (κ3) is 4.01. The third-order valence-electron chi connectivity index (χ3n) is 8.55. The van der Waals surface area contributed by atoms with Crippen LogP contribution in [0.5, 0.6) is 11.5 Å². The van der Waals surface area contributed by atoms with Gasteiger partial charge in [0.15, 0.2) is 5.78 Å². The summed E-state index contributed by atoms with van der Waals surface area (Å²) < 4.78 is 12.3. The number of Topliss-reactive ketones (excluding diaryl/α,β-unsaturated/α-hetero) is 1. The highest BCUT2D eigenvalue weighted by molar-refractivity contribution is 6.94. The molecule has 0 heterocycles. The predicted octanol–water partition coefficient (Wildman–Crippen LogP) is 8.71. The zero-order chi connectivity index (χ0) is 28.6. The number of benzene rings is 4. The smallest absolute Gasteiger partial charge is 0.177 e. The molecule has 40 heavy (non-hydrogen) atoms. The molecule has 2 aliphatic rings. The van der Waals surface area contributed by atoms with Crippen LogP contribution in [0.4, 0.5) is 0 Å². The summed E-state index contributed by atoms with van der Waals surface area (Å²) in [6.45, 7) is 13.9. The molecule has 4 aromatic rings. The molecule has 0 fully saturated rings. The van der Waals surface area contributed by atoms with E-state index in [4.69, 9.17) is 9.47 Å². The molecule has 0 amide bonds. The van der Waals surface area contributed by atoms with Crippen molar-refractivity contribution in [2.45, 2.75) is 52.1 Å². The molecule has 0 saturated heterocycles. The summed E-state index contributed by atoms with van der Waals surface area (Å²) in [6.07, 6.45) is 1.39. The molecule has 3 nitrogen and oxygen atoms in total. The lowest BCUT2D eigenvalue weighted by atomic mass is 9.79. The van der Waals surface area contributed by atoms with Gasteiger partial charge in [-0.05, 0) is 66.3 Å². The molecule has 0 N–H and O–H groups in total. The summed E-state index contributed by atoms with van der Waals surface area (Å²) in [5, 5.41) is 6.91. The van der Waals surface area contributed by atoms with Gasteiger partial charge in [0, 0.05) is 24.0 Å². The van der Waals surface area contributed by atoms with Gasteiger partial charge in [-0.2, -0.15) is 0 Å². The summed E-state index contributed by atoms with van der Waals surface area (Å²) >= 11 is 0. The number of carbonyl (C=O) groups excluding carboxylic acids is 1. The summed E-state index contributed by atoms with van der Waals surface area (Å²) in [6, 6.07) is 21.6. The van der Waals surface area contributed by atoms with E-state index in [-0.39, 0.29) is 0 Å². The molecule has 4 aromatic carbocycles. The number of ether oxygens (including phenoxy) is 2. The molecule has 0 aliphatic heterocycles. The van der Waals surface area contributed by atoms with Crippen LogP contribution in [-0.4, -0.2) is 36.2 Å². The Morgan fingerprint density at radius 1 is 0.600 bits per heavy atom. The van der Waals surface area contributed by atoms with Crippen molar-refractivity contribution in [3.05, 3.63) is 93.3 Å². The van der Waals surface area contributed by atoms with Crippen molar-refractivity contribution in [1.82, 2.24) is 0 Å². The quantitative estimate of drug-likeness (QED) is 0.233. The van der Waals surface area contributed by atoms with Gasteiger partial charge >= 0.3 is 0 Å². The van der Waals surface area contributed by atoms with Crippen LogP contribution in [0.3, 0.4) is 0 Å². The molecular formula is C35H38O3Si2. The van der Waals surface area contributed by atoms with Gasteiger partial charge in [0.1, 0.15) is 11.5 Å². The van der Waals surface area contributed by atoms with Gasteiger partial charge in [-0.25, -0.2) is 0 Å². The van der Waals surface area contributed by atoms with Gasteiger partial charge in [-0.15, -0.1) is 0 Å². The second-order valence-corrected chi connectivity index (χ2v) is 23.2. The average molecular weight is 563 g/mol. The first-order valence-corrected chi connectivity index (χ1v) is 21.2. The summed E-state index contributed by atoms with van der Waals surface area (Å²) in [4.78, 5) is 14.4. The first-order chi connectivity index (χ1) is 19.0. The van der Waals surface area contributed by atoms with E-state index >= 15 is 0 Å². The van der Waals surface area contributed by atoms with Crippen LogP contribution in [0.25, 0.3) is 32.7 Å². The Labute approximate surface area is 239 Å². The molecule has 0 unspecified atom stereocenters. The fraction of sp³-hybridized carbons (Fsp3) is 0.286. The maximum absolute atomic E-state index is 14.4. The van der Waals surface area contributed by atoms with Gasteiger partial charge in [0.05, 0.1) is 30.4 Å². The number of hydrogen-bond donors (Lipinski definition) is 0. The van der Waals surface area contributed by atoms with E-state index in [0.29, 0.717) is 18.6 Å². The summed E-state index contributed by atoms with van der Waals surface area (Å²) in [5.74, 6) is 2.07. The molecule has 204 valence electrons. The molecule has 5 heteroatoms. The minimum Gasteiger partial charge on any atom is -0.496 e. The Morgan fingerprint density at radius 3 is 1.32 bits per heavy atom. The second kappa shape index (κ2) is 9.32. The zero-order valence-electron chi connectivity index (χ0n) is 24.9. The van der Waals surface area contributed by atoms with Crippen molar-refractivity contribution in [2.75, 3.05) is 14.2 Å². The maximum Gasteiger partial charge on any atom is 0.177 e. The number of rotatable bonds is 4. The van der Waals surface area contributed by atoms with E-state index in [0.717, 1.165) is 43.8 Å². The molecule has 0 spiro atoms. The Balaban J connectivity index is 1.87. The number of methoxy groups -OCH3 is 2. The number of ketones is 1. The van der Waals surface area contributed by atoms with Crippen molar-refractivity contribution in [3.63, 3.8) is 0 Å². The Morgan fingerprint density at radius 2 is 0.975 bits per heavy atom. The molecule has 0 atom stereocenters. The van der Waals surface area contributed by atoms with Gasteiger partial charge in [0.25, 0.3) is 0 Å². The van der Waals surface area contributed by atoms with Crippen molar-refractivity contribution < 1.29 is 14.3 Å². The monoisotopic (exact) mass is 562 g/mol. The SMILES string of the molecule is COc1cc2ccccc2c2c1CC1=C([Si](C)(C)C)C(=O)C([Si](C)(C)C)=C1Cc1c(OC)cc3ccccc3c1-2. The lowest BCUT2D eigenvalue weighted by Gasteiger charge is -2.29. The number of fused-ring (bicyclic) bond motifs is 8. The van der Waals surface area contributed by atoms with E-state index < -0.39 is 16.1 Å². The van der Waals surface area contributed by atoms with Crippen LogP contribution < -0.4 is 9.47 Å². The van der Waals surface area contributed by atoms with Crippen LogP contribution in [0.2, 0.25) is 39.3 Å². The second-order valence-electron chi connectivity index (χ2n) is 13.2. The number of carbonyl (C=O) groups is 1. The van der Waals surface area contributed by atoms with E-state index in [1.54, 1.807) is 14.2 Å². The standard InChI is InChI=1S/C35H38O3Si2/c1-37-29-17-21-13-9-11-15-23(21)31-27(29)19-25-26(35(40(6,7)8)33(36)34(25)39(3,4)5)20-28-30(38-2)18-22-14-10-12-16-24(22)32(28)31/h9-18H,19-20H2,1-8H3. The summed E-state index contributed by atoms with van der Waals surface area (Å²) in [7, 11) is -0.413. The Bertz CT molecular complexity index is 1660. The molecule has 0 saturated carbocycles. The van der Waals surface area contributed by atoms with E-state index in [1.165, 1.54) is 33.0 Å². The highest BCUT2D eigenvalue weighted by Gasteiger charge is 2.44. The first kappa shape index (κ1) is 26.8. The minimum absolute atomic E-state index is 0.313. The van der Waals surface area contributed by atoms with Crippen molar-refractivity contribution in [1.29, 1.82) is 0 Å². The first-order valence-electron chi connectivity index (χ1n) is 14.2. The number of allylic oxidation sites excluding steroid dienone is 4. The van der Waals surface area contributed by atoms with Crippen molar-refractivity contribution >= 4 is 43.5 Å². The van der Waals surface area contributed by atoms with Crippen molar-refractivity contribution in [3.8, 4) is 22.6 Å². The van der Waals surface area contributed by atoms with Crippen LogP contribution in [0.1, 0.15) is 11.1 Å². The van der Waals surface area contributed by atoms with E-state index in [9.17, 15) is 4.79 Å². The van der Waals surface area contributed by atoms with Gasteiger partial charge in [-0.1, -0.05) is 87.8 Å². The Kier molecular flexibility index (Phi) is 6.24. The van der Waals surface area contributed by atoms with Crippen LogP contribution in [0.15, 0.2) is 82.2 Å². The normalized spacial score (nSPS) is 15.7. The zero-order valence-corrected chi connectivity index (χ0v) is 26.9. The fourth-order valence-corrected chi connectivity index (χ4v) is 11.1. The van der Waals surface area contributed by atoms with Crippen LogP contribution in [-0.2, 0) is 17.6 Å². The van der Waals surface area contributed by atoms with Crippen LogP contribution >= 0.6 is 0 Å². The highest BCUT2D eigenvalue weighted by Crippen LogP contribution is 2.52. The minimum atomic E-state index is -1.98. The highest BCUT2D eigenvalue weighted by atomic mass is 28.3. The van der Waals surface area contributed by atoms with E-state index in [2.05, 4.69) is 99.9 Å². The largest absolute Gasteiger partial charge is 0.496 e. The molecular weight excluding hydrogens is 525 g/mol. The lowest BCUT2D eigenvalue weighted by molar-refractivity contribution is -0.111. The summed E-state index contributed by atoms with van der Waals surface area (Å²) in [5.41, 5.74) is 7.22. The topological polar surface area (TPSA) is 35.5 Å². The molecule has 2 aliphatic carbocycles. The maximum atomic E-state index is 14.4. The number of hydrogen-bond acceptors (Lipinski definition) is 3. The van der Waals surface area contributed by atoms with E-state index in [1.807, 2.05) is 0 Å². The van der Waals surface area contributed by atoms with Crippen molar-refractivity contribution in [2.24, 2.45) is 0 Å². The molecule has 0 bridgehead atoms. The Hall–Kier alpha value is -3.42. The van der Waals surface area contributed by atoms with Gasteiger partial charge < -0.3 is 9.47 Å². The van der Waals surface area contributed by atoms with Crippen LogP contribution in [0, 0.1) is 0 Å². The van der Waals surface area contributed by atoms with Gasteiger partial charge in [-0.3, -0.25) is 4.79 Å². The van der Waals surface area contributed by atoms with Gasteiger partial charge in [0.2, 0.25) is 0 Å². The average Bonchev–Trinajstić information content (AvgIpc) is 3.17. The predicted molar refractivity (Wildman–Crippen MR) is 173 cm³/mol.